The molecule has 0 spiro atoms. The lowest BCUT2D eigenvalue weighted by atomic mass is 10.3. The van der Waals surface area contributed by atoms with Crippen molar-refractivity contribution in [2.24, 2.45) is 0 Å². The van der Waals surface area contributed by atoms with Crippen LogP contribution in [-0.4, -0.2) is 23.3 Å². The van der Waals surface area contributed by atoms with Gasteiger partial charge in [-0.1, -0.05) is 15.9 Å². The van der Waals surface area contributed by atoms with Crippen LogP contribution in [0.15, 0.2) is 27.3 Å². The van der Waals surface area contributed by atoms with E-state index in [0.717, 1.165) is 4.47 Å². The van der Waals surface area contributed by atoms with Crippen LogP contribution in [0, 0.1) is 0 Å². The maximum absolute atomic E-state index is 11.9. The number of hydrogen-bond donors (Lipinski definition) is 2. The molecule has 0 saturated heterocycles. The summed E-state index contributed by atoms with van der Waals surface area (Å²) in [5.41, 5.74) is 5.84. The van der Waals surface area contributed by atoms with Crippen molar-refractivity contribution in [1.82, 2.24) is 10.3 Å². The third-order valence-electron chi connectivity index (χ3n) is 2.14. The van der Waals surface area contributed by atoms with E-state index in [2.05, 4.69) is 36.2 Å². The lowest BCUT2D eigenvalue weighted by Crippen LogP contribution is -2.14. The first-order valence-electron chi connectivity index (χ1n) is 4.84. The van der Waals surface area contributed by atoms with Gasteiger partial charge in [-0.25, -0.2) is 4.63 Å². The second-order valence-electron chi connectivity index (χ2n) is 3.30. The summed E-state index contributed by atoms with van der Waals surface area (Å²) in [6.07, 6.45) is 0. The Bertz CT molecular complexity index is 584. The highest BCUT2D eigenvalue weighted by Crippen LogP contribution is 2.28. The van der Waals surface area contributed by atoms with Crippen LogP contribution in [0.4, 0.5) is 11.5 Å². The van der Waals surface area contributed by atoms with Crippen molar-refractivity contribution in [2.45, 2.75) is 0 Å². The average Bonchev–Trinajstić information content (AvgIpc) is 2.76. The molecule has 1 amide bonds. The average molecular weight is 313 g/mol. The van der Waals surface area contributed by atoms with Crippen molar-refractivity contribution >= 4 is 33.3 Å². The summed E-state index contributed by atoms with van der Waals surface area (Å²) < 4.78 is 10.3. The number of carbonyl (C=O) groups is 1. The molecule has 0 bridgehead atoms. The number of halogens is 1. The lowest BCUT2D eigenvalue weighted by molar-refractivity contribution is 0.101. The predicted octanol–water partition coefficient (Wildman–Crippen LogP) is 1.68. The number of ether oxygens (including phenoxy) is 1. The number of nitrogen functional groups attached to an aromatic ring is 1. The van der Waals surface area contributed by atoms with Crippen molar-refractivity contribution in [3.05, 3.63) is 28.4 Å². The molecule has 8 heteroatoms. The Morgan fingerprint density at radius 2 is 2.28 bits per heavy atom. The maximum Gasteiger partial charge on any atom is 0.281 e. The Labute approximate surface area is 110 Å². The topological polar surface area (TPSA) is 103 Å². The van der Waals surface area contributed by atoms with Gasteiger partial charge in [-0.2, -0.15) is 0 Å². The van der Waals surface area contributed by atoms with Crippen LogP contribution in [0.2, 0.25) is 0 Å². The first-order chi connectivity index (χ1) is 8.61. The summed E-state index contributed by atoms with van der Waals surface area (Å²) in [5.74, 6) is -0.0758. The van der Waals surface area contributed by atoms with Gasteiger partial charge in [0.2, 0.25) is 11.5 Å². The predicted molar refractivity (Wildman–Crippen MR) is 67.4 cm³/mol. The Morgan fingerprint density at radius 1 is 1.50 bits per heavy atom. The van der Waals surface area contributed by atoms with Gasteiger partial charge in [-0.15, -0.1) is 0 Å². The third kappa shape index (κ3) is 2.43. The van der Waals surface area contributed by atoms with E-state index in [9.17, 15) is 4.79 Å². The van der Waals surface area contributed by atoms with Crippen molar-refractivity contribution in [3.8, 4) is 5.75 Å². The second-order valence-corrected chi connectivity index (χ2v) is 4.21. The molecular formula is C10H9BrN4O3. The monoisotopic (exact) mass is 312 g/mol. The van der Waals surface area contributed by atoms with E-state index in [0.29, 0.717) is 11.4 Å². The van der Waals surface area contributed by atoms with E-state index in [1.165, 1.54) is 7.11 Å². The number of nitrogens with zero attached hydrogens (tertiary/aromatic N) is 2. The first-order valence-corrected chi connectivity index (χ1v) is 5.64. The minimum absolute atomic E-state index is 0.0681. The van der Waals surface area contributed by atoms with Gasteiger partial charge in [0.25, 0.3) is 5.91 Å². The molecular weight excluding hydrogens is 304 g/mol. The number of carbonyl (C=O) groups excluding carboxylic acids is 1. The molecule has 0 saturated carbocycles. The maximum atomic E-state index is 11.9. The van der Waals surface area contributed by atoms with E-state index in [1.807, 2.05) is 0 Å². The molecule has 2 rings (SSSR count). The minimum atomic E-state index is -0.523. The largest absolute Gasteiger partial charge is 0.495 e. The Kier molecular flexibility index (Phi) is 3.47. The zero-order valence-corrected chi connectivity index (χ0v) is 10.9. The molecule has 3 N–H and O–H groups in total. The van der Waals surface area contributed by atoms with Gasteiger partial charge in [0.05, 0.1) is 12.8 Å². The Morgan fingerprint density at radius 3 is 2.89 bits per heavy atom. The third-order valence-corrected chi connectivity index (χ3v) is 2.63. The number of aromatic nitrogens is 2. The molecule has 0 radical (unpaired) electrons. The van der Waals surface area contributed by atoms with Gasteiger partial charge >= 0.3 is 0 Å². The number of nitrogens with two attached hydrogens (primary N) is 1. The van der Waals surface area contributed by atoms with E-state index in [1.54, 1.807) is 18.2 Å². The molecule has 1 heterocycles. The SMILES string of the molecule is COc1ccc(Br)cc1NC(=O)c1nonc1N. The molecule has 0 aliphatic rings. The van der Waals surface area contributed by atoms with Crippen LogP contribution in [0.5, 0.6) is 5.75 Å². The standard InChI is InChI=1S/C10H9BrN4O3/c1-17-7-3-2-5(11)4-6(7)13-10(16)8-9(12)15-18-14-8/h2-4H,1H3,(H2,12,15)(H,13,16). The van der Waals surface area contributed by atoms with Crippen LogP contribution < -0.4 is 15.8 Å². The fraction of sp³-hybridized carbons (Fsp3) is 0.100. The Hall–Kier alpha value is -2.09. The highest BCUT2D eigenvalue weighted by atomic mass is 79.9. The molecule has 7 nitrogen and oxygen atoms in total. The van der Waals surface area contributed by atoms with E-state index < -0.39 is 5.91 Å². The second kappa shape index (κ2) is 5.05. The molecule has 18 heavy (non-hydrogen) atoms. The zero-order chi connectivity index (χ0) is 13.1. The van der Waals surface area contributed by atoms with Gasteiger partial charge in [-0.05, 0) is 28.5 Å². The molecule has 0 aliphatic heterocycles. The molecule has 94 valence electrons. The molecule has 0 unspecified atom stereocenters. The molecule has 1 aromatic heterocycles. The van der Waals surface area contributed by atoms with Crippen LogP contribution in [0.3, 0.4) is 0 Å². The molecule has 0 atom stereocenters. The van der Waals surface area contributed by atoms with Crippen LogP contribution in [0.25, 0.3) is 0 Å². The van der Waals surface area contributed by atoms with Crippen molar-refractivity contribution in [1.29, 1.82) is 0 Å². The van der Waals surface area contributed by atoms with Gasteiger partial charge in [-0.3, -0.25) is 4.79 Å². The number of nitrogens with one attached hydrogen (secondary N) is 1. The van der Waals surface area contributed by atoms with E-state index in [-0.39, 0.29) is 11.5 Å². The van der Waals surface area contributed by atoms with Gasteiger partial charge < -0.3 is 15.8 Å². The summed E-state index contributed by atoms with van der Waals surface area (Å²) in [4.78, 5) is 11.9. The zero-order valence-electron chi connectivity index (χ0n) is 9.31. The van der Waals surface area contributed by atoms with Crippen molar-refractivity contribution in [2.75, 3.05) is 18.2 Å². The summed E-state index contributed by atoms with van der Waals surface area (Å²) in [6.45, 7) is 0. The van der Waals surface area contributed by atoms with E-state index >= 15 is 0 Å². The highest BCUT2D eigenvalue weighted by molar-refractivity contribution is 9.10. The lowest BCUT2D eigenvalue weighted by Gasteiger charge is -2.09. The normalized spacial score (nSPS) is 10.1. The van der Waals surface area contributed by atoms with Crippen LogP contribution in [-0.2, 0) is 0 Å². The highest BCUT2D eigenvalue weighted by Gasteiger charge is 2.17. The first kappa shape index (κ1) is 12.4. The summed E-state index contributed by atoms with van der Waals surface area (Å²) >= 11 is 3.30. The fourth-order valence-electron chi connectivity index (χ4n) is 1.31. The molecule has 0 fully saturated rings. The van der Waals surface area contributed by atoms with E-state index in [4.69, 9.17) is 10.5 Å². The van der Waals surface area contributed by atoms with Gasteiger partial charge in [0.1, 0.15) is 5.75 Å². The minimum Gasteiger partial charge on any atom is -0.495 e. The fourth-order valence-corrected chi connectivity index (χ4v) is 1.67. The van der Waals surface area contributed by atoms with Gasteiger partial charge in [0.15, 0.2) is 0 Å². The van der Waals surface area contributed by atoms with Crippen LogP contribution >= 0.6 is 15.9 Å². The van der Waals surface area contributed by atoms with Crippen LogP contribution in [0.1, 0.15) is 10.5 Å². The molecule has 1 aromatic carbocycles. The summed E-state index contributed by atoms with van der Waals surface area (Å²) in [7, 11) is 1.50. The number of methoxy groups -OCH3 is 1. The van der Waals surface area contributed by atoms with Gasteiger partial charge in [0, 0.05) is 4.47 Å². The summed E-state index contributed by atoms with van der Waals surface area (Å²) in [5, 5.41) is 9.35. The number of benzene rings is 1. The van der Waals surface area contributed by atoms with Crippen molar-refractivity contribution < 1.29 is 14.2 Å². The smallest absolute Gasteiger partial charge is 0.281 e. The number of rotatable bonds is 3. The molecule has 0 aliphatic carbocycles. The molecule has 2 aromatic rings. The van der Waals surface area contributed by atoms with Crippen molar-refractivity contribution in [3.63, 3.8) is 0 Å². The quantitative estimate of drug-likeness (QED) is 0.893. The number of amides is 1. The number of anilines is 2. The Balaban J connectivity index is 2.27. The summed E-state index contributed by atoms with van der Waals surface area (Å²) in [6, 6.07) is 5.20. The number of hydrogen-bond acceptors (Lipinski definition) is 6.